The molecule has 1 fully saturated rings. The maximum atomic E-state index is 12.3. The molecule has 1 unspecified atom stereocenters. The molecule has 0 aromatic carbocycles. The van der Waals surface area contributed by atoms with Crippen LogP contribution in [0.3, 0.4) is 0 Å². The Bertz CT molecular complexity index is 838. The Hall–Kier alpha value is -1.74. The van der Waals surface area contributed by atoms with Gasteiger partial charge in [-0.05, 0) is 31.7 Å². The number of hydrogen-bond donors (Lipinski definition) is 1. The Labute approximate surface area is 138 Å². The van der Waals surface area contributed by atoms with Crippen molar-refractivity contribution in [2.75, 3.05) is 23.1 Å². The average molecular weight is 355 g/mol. The molecule has 0 radical (unpaired) electrons. The fourth-order valence-electron chi connectivity index (χ4n) is 2.59. The molecule has 2 aromatic rings. The summed E-state index contributed by atoms with van der Waals surface area (Å²) in [6, 6.07) is 4.81. The third kappa shape index (κ3) is 3.45. The number of thioether (sulfide) groups is 1. The van der Waals surface area contributed by atoms with Crippen LogP contribution in [0.4, 0.5) is 5.82 Å². The van der Waals surface area contributed by atoms with Gasteiger partial charge in [0.25, 0.3) is 5.91 Å². The van der Waals surface area contributed by atoms with Gasteiger partial charge in [0.15, 0.2) is 20.7 Å². The number of carbonyl (C=O) groups is 1. The second kappa shape index (κ2) is 6.04. The fraction of sp³-hybridized carbons (Fsp3) is 0.429. The van der Waals surface area contributed by atoms with Gasteiger partial charge in [-0.3, -0.25) is 4.79 Å². The van der Waals surface area contributed by atoms with E-state index >= 15 is 0 Å². The predicted octanol–water partition coefficient (Wildman–Crippen LogP) is 2.12. The highest BCUT2D eigenvalue weighted by Gasteiger charge is 2.31. The summed E-state index contributed by atoms with van der Waals surface area (Å²) in [5.41, 5.74) is 0.717. The molecule has 2 aromatic heterocycles. The first-order valence-corrected chi connectivity index (χ1v) is 10.1. The highest BCUT2D eigenvalue weighted by molar-refractivity contribution is 7.98. The van der Waals surface area contributed by atoms with Crippen LogP contribution < -0.4 is 5.32 Å². The zero-order valence-corrected chi connectivity index (χ0v) is 14.4. The SMILES string of the molecule is CSc1ccc(C(=O)Nc2cc(C)nn2C2CCS(=O)(=O)C2)o1. The highest BCUT2D eigenvalue weighted by atomic mass is 32.2. The third-order valence-corrected chi connectivity index (χ3v) is 6.03. The number of aromatic nitrogens is 2. The van der Waals surface area contributed by atoms with Gasteiger partial charge in [0.1, 0.15) is 5.82 Å². The van der Waals surface area contributed by atoms with Gasteiger partial charge in [-0.2, -0.15) is 5.10 Å². The molecule has 1 saturated heterocycles. The molecule has 9 heteroatoms. The normalized spacial score (nSPS) is 19.8. The van der Waals surface area contributed by atoms with Crippen LogP contribution in [0.25, 0.3) is 0 Å². The summed E-state index contributed by atoms with van der Waals surface area (Å²) in [7, 11) is -3.03. The van der Waals surface area contributed by atoms with Crippen LogP contribution in [0.2, 0.25) is 0 Å². The number of nitrogens with one attached hydrogen (secondary N) is 1. The van der Waals surface area contributed by atoms with Gasteiger partial charge >= 0.3 is 0 Å². The number of hydrogen-bond acceptors (Lipinski definition) is 6. The smallest absolute Gasteiger partial charge is 0.292 e. The van der Waals surface area contributed by atoms with E-state index in [1.54, 1.807) is 29.8 Å². The van der Waals surface area contributed by atoms with E-state index in [1.807, 2.05) is 6.26 Å². The molecule has 124 valence electrons. The molecule has 7 nitrogen and oxygen atoms in total. The number of anilines is 1. The minimum absolute atomic E-state index is 0.0500. The number of furan rings is 1. The minimum Gasteiger partial charge on any atom is -0.445 e. The largest absolute Gasteiger partial charge is 0.445 e. The molecule has 0 aliphatic carbocycles. The lowest BCUT2D eigenvalue weighted by Crippen LogP contribution is -2.19. The number of aryl methyl sites for hydroxylation is 1. The molecule has 23 heavy (non-hydrogen) atoms. The lowest BCUT2D eigenvalue weighted by molar-refractivity contribution is 0.0990. The summed E-state index contributed by atoms with van der Waals surface area (Å²) >= 11 is 1.41. The molecule has 0 saturated carbocycles. The van der Waals surface area contributed by atoms with Crippen LogP contribution in [0.5, 0.6) is 0 Å². The number of amides is 1. The average Bonchev–Trinajstić information content (AvgIpc) is 3.17. The van der Waals surface area contributed by atoms with Crippen molar-refractivity contribution in [3.63, 3.8) is 0 Å². The van der Waals surface area contributed by atoms with E-state index in [0.717, 1.165) is 0 Å². The van der Waals surface area contributed by atoms with Crippen molar-refractivity contribution in [1.82, 2.24) is 9.78 Å². The Balaban J connectivity index is 1.82. The molecular weight excluding hydrogens is 338 g/mol. The Morgan fingerprint density at radius 3 is 2.87 bits per heavy atom. The Morgan fingerprint density at radius 1 is 1.48 bits per heavy atom. The van der Waals surface area contributed by atoms with Crippen LogP contribution in [-0.2, 0) is 9.84 Å². The summed E-state index contributed by atoms with van der Waals surface area (Å²) in [6.07, 6.45) is 2.36. The Morgan fingerprint density at radius 2 is 2.26 bits per heavy atom. The number of nitrogens with zero attached hydrogens (tertiary/aromatic N) is 2. The van der Waals surface area contributed by atoms with E-state index < -0.39 is 9.84 Å². The van der Waals surface area contributed by atoms with Crippen LogP contribution in [-0.4, -0.2) is 41.9 Å². The van der Waals surface area contributed by atoms with Gasteiger partial charge in [-0.25, -0.2) is 13.1 Å². The topological polar surface area (TPSA) is 94.2 Å². The minimum atomic E-state index is -3.03. The monoisotopic (exact) mass is 355 g/mol. The van der Waals surface area contributed by atoms with Gasteiger partial charge < -0.3 is 9.73 Å². The van der Waals surface area contributed by atoms with Crippen molar-refractivity contribution >= 4 is 33.3 Å². The third-order valence-electron chi connectivity index (χ3n) is 3.66. The van der Waals surface area contributed by atoms with Crippen LogP contribution in [0.15, 0.2) is 27.7 Å². The zero-order chi connectivity index (χ0) is 16.6. The standard InChI is InChI=1S/C14H17N3O4S2/c1-9-7-12(15-14(18)11-3-4-13(21-11)22-2)17(16-9)10-5-6-23(19,20)8-10/h3-4,7,10H,5-6,8H2,1-2H3,(H,15,18). The molecular formula is C14H17N3O4S2. The molecule has 1 aliphatic rings. The zero-order valence-electron chi connectivity index (χ0n) is 12.8. The van der Waals surface area contributed by atoms with Crippen molar-refractivity contribution in [1.29, 1.82) is 0 Å². The highest BCUT2D eigenvalue weighted by Crippen LogP contribution is 2.27. The summed E-state index contributed by atoms with van der Waals surface area (Å²) in [5.74, 6) is 0.510. The van der Waals surface area contributed by atoms with Gasteiger partial charge in [0, 0.05) is 6.07 Å². The quantitative estimate of drug-likeness (QED) is 0.844. The van der Waals surface area contributed by atoms with E-state index in [4.69, 9.17) is 4.42 Å². The first-order chi connectivity index (χ1) is 10.9. The van der Waals surface area contributed by atoms with Crippen LogP contribution in [0.1, 0.15) is 28.7 Å². The number of rotatable bonds is 4. The van der Waals surface area contributed by atoms with E-state index in [0.29, 0.717) is 23.0 Å². The van der Waals surface area contributed by atoms with Gasteiger partial charge in [-0.15, -0.1) is 0 Å². The van der Waals surface area contributed by atoms with Crippen molar-refractivity contribution in [3.8, 4) is 0 Å². The van der Waals surface area contributed by atoms with Gasteiger partial charge in [0.05, 0.1) is 23.2 Å². The molecule has 3 rings (SSSR count). The summed E-state index contributed by atoms with van der Waals surface area (Å²) < 4.78 is 30.3. The molecule has 1 N–H and O–H groups in total. The van der Waals surface area contributed by atoms with Crippen molar-refractivity contribution in [3.05, 3.63) is 29.7 Å². The molecule has 1 atom stereocenters. The summed E-state index contributed by atoms with van der Waals surface area (Å²) in [4.78, 5) is 12.3. The second-order valence-electron chi connectivity index (χ2n) is 5.45. The van der Waals surface area contributed by atoms with Crippen molar-refractivity contribution in [2.24, 2.45) is 0 Å². The molecule has 3 heterocycles. The first-order valence-electron chi connectivity index (χ1n) is 7.10. The lowest BCUT2D eigenvalue weighted by atomic mass is 10.3. The van der Waals surface area contributed by atoms with E-state index in [-0.39, 0.29) is 29.2 Å². The van der Waals surface area contributed by atoms with Crippen LogP contribution >= 0.6 is 11.8 Å². The van der Waals surface area contributed by atoms with Crippen molar-refractivity contribution in [2.45, 2.75) is 24.5 Å². The fourth-order valence-corrected chi connectivity index (χ4v) is 4.66. The second-order valence-corrected chi connectivity index (χ2v) is 8.49. The van der Waals surface area contributed by atoms with Gasteiger partial charge in [-0.1, -0.05) is 11.8 Å². The lowest BCUT2D eigenvalue weighted by Gasteiger charge is -2.13. The van der Waals surface area contributed by atoms with Crippen molar-refractivity contribution < 1.29 is 17.6 Å². The summed E-state index contributed by atoms with van der Waals surface area (Å²) in [6.45, 7) is 1.80. The predicted molar refractivity (Wildman–Crippen MR) is 87.7 cm³/mol. The van der Waals surface area contributed by atoms with Crippen LogP contribution in [0, 0.1) is 6.92 Å². The summed E-state index contributed by atoms with van der Waals surface area (Å²) in [5, 5.41) is 7.74. The molecule has 0 spiro atoms. The molecule has 1 amide bonds. The van der Waals surface area contributed by atoms with E-state index in [1.165, 1.54) is 11.8 Å². The van der Waals surface area contributed by atoms with Gasteiger partial charge in [0.2, 0.25) is 0 Å². The van der Waals surface area contributed by atoms with E-state index in [2.05, 4.69) is 10.4 Å². The number of carbonyl (C=O) groups excluding carboxylic acids is 1. The number of sulfone groups is 1. The molecule has 0 bridgehead atoms. The Kier molecular flexibility index (Phi) is 4.24. The first kappa shape index (κ1) is 16.1. The maximum Gasteiger partial charge on any atom is 0.292 e. The molecule has 1 aliphatic heterocycles. The van der Waals surface area contributed by atoms with E-state index in [9.17, 15) is 13.2 Å². The maximum absolute atomic E-state index is 12.3.